The van der Waals surface area contributed by atoms with Crippen LogP contribution in [-0.2, 0) is 5.54 Å². The van der Waals surface area contributed by atoms with Crippen molar-refractivity contribution < 1.29 is 4.52 Å². The molecule has 18 heavy (non-hydrogen) atoms. The summed E-state index contributed by atoms with van der Waals surface area (Å²) in [7, 11) is 0. The first-order chi connectivity index (χ1) is 8.67. The van der Waals surface area contributed by atoms with Crippen LogP contribution in [-0.4, -0.2) is 25.6 Å². The summed E-state index contributed by atoms with van der Waals surface area (Å²) in [5.41, 5.74) is 6.48. The molecule has 0 saturated heterocycles. The lowest BCUT2D eigenvalue weighted by Crippen LogP contribution is -2.42. The molecule has 3 N–H and O–H groups in total. The van der Waals surface area contributed by atoms with Crippen molar-refractivity contribution in [2.45, 2.75) is 38.1 Å². The average molecular weight is 248 g/mol. The zero-order chi connectivity index (χ0) is 12.6. The van der Waals surface area contributed by atoms with Gasteiger partial charge < -0.3 is 10.3 Å². The molecule has 7 nitrogen and oxygen atoms in total. The Balaban J connectivity index is 1.88. The van der Waals surface area contributed by atoms with Crippen LogP contribution in [0.2, 0.25) is 0 Å². The van der Waals surface area contributed by atoms with Crippen molar-refractivity contribution in [3.63, 3.8) is 0 Å². The predicted molar refractivity (Wildman–Crippen MR) is 63.2 cm³/mol. The Morgan fingerprint density at radius 1 is 1.56 bits per heavy atom. The maximum atomic E-state index is 6.41. The molecule has 2 unspecified atom stereocenters. The smallest absolute Gasteiger partial charge is 0.280 e. The zero-order valence-corrected chi connectivity index (χ0v) is 10.3. The number of nitrogens with zero attached hydrogens (tertiary/aromatic N) is 4. The molecule has 0 spiro atoms. The Morgan fingerprint density at radius 3 is 3.17 bits per heavy atom. The minimum absolute atomic E-state index is 0.363. The summed E-state index contributed by atoms with van der Waals surface area (Å²) >= 11 is 0. The van der Waals surface area contributed by atoms with Gasteiger partial charge in [-0.05, 0) is 18.8 Å². The summed E-state index contributed by atoms with van der Waals surface area (Å²) in [6, 6.07) is 0. The molecule has 96 valence electrons. The van der Waals surface area contributed by atoms with E-state index in [2.05, 4.69) is 32.5 Å². The van der Waals surface area contributed by atoms with Gasteiger partial charge in [0.2, 0.25) is 0 Å². The van der Waals surface area contributed by atoms with Crippen molar-refractivity contribution in [2.75, 3.05) is 0 Å². The average Bonchev–Trinajstić information content (AvgIpc) is 3.00. The van der Waals surface area contributed by atoms with Crippen LogP contribution in [0.5, 0.6) is 0 Å². The molecule has 0 radical (unpaired) electrons. The lowest BCUT2D eigenvalue weighted by atomic mass is 9.76. The number of H-pyrrole nitrogens is 1. The van der Waals surface area contributed by atoms with E-state index in [0.717, 1.165) is 19.3 Å². The van der Waals surface area contributed by atoms with E-state index in [0.29, 0.717) is 23.3 Å². The summed E-state index contributed by atoms with van der Waals surface area (Å²) in [5, 5.41) is 14.1. The van der Waals surface area contributed by atoms with E-state index in [9.17, 15) is 0 Å². The largest absolute Gasteiger partial charge is 0.332 e. The highest BCUT2D eigenvalue weighted by Crippen LogP contribution is 2.36. The van der Waals surface area contributed by atoms with Crippen molar-refractivity contribution in [3.05, 3.63) is 12.0 Å². The van der Waals surface area contributed by atoms with Gasteiger partial charge >= 0.3 is 0 Å². The van der Waals surface area contributed by atoms with E-state index in [1.807, 2.05) is 0 Å². The second-order valence-corrected chi connectivity index (χ2v) is 5.14. The molecule has 2 atom stereocenters. The van der Waals surface area contributed by atoms with E-state index >= 15 is 0 Å². The molecule has 7 heteroatoms. The van der Waals surface area contributed by atoms with Gasteiger partial charge in [-0.25, -0.2) is 0 Å². The van der Waals surface area contributed by atoms with Crippen LogP contribution in [0.25, 0.3) is 11.6 Å². The number of aromatic amines is 1. The van der Waals surface area contributed by atoms with Gasteiger partial charge in [-0.1, -0.05) is 24.9 Å². The Bertz CT molecular complexity index is 521. The van der Waals surface area contributed by atoms with E-state index in [-0.39, 0.29) is 0 Å². The first-order valence-electron chi connectivity index (χ1n) is 6.16. The van der Waals surface area contributed by atoms with E-state index in [1.165, 1.54) is 6.42 Å². The fourth-order valence-corrected chi connectivity index (χ4v) is 2.63. The van der Waals surface area contributed by atoms with Gasteiger partial charge in [-0.3, -0.25) is 0 Å². The first kappa shape index (κ1) is 11.3. The molecule has 1 aliphatic carbocycles. The normalized spacial score (nSPS) is 28.4. The molecule has 0 aromatic carbocycles. The predicted octanol–water partition coefficient (Wildman–Crippen LogP) is 1.22. The highest BCUT2D eigenvalue weighted by Gasteiger charge is 2.37. The third kappa shape index (κ3) is 1.90. The van der Waals surface area contributed by atoms with E-state index in [4.69, 9.17) is 10.3 Å². The van der Waals surface area contributed by atoms with Crippen molar-refractivity contribution in [1.82, 2.24) is 25.6 Å². The van der Waals surface area contributed by atoms with Crippen molar-refractivity contribution in [2.24, 2.45) is 11.7 Å². The second kappa shape index (κ2) is 4.16. The van der Waals surface area contributed by atoms with Gasteiger partial charge in [0.05, 0.1) is 11.7 Å². The summed E-state index contributed by atoms with van der Waals surface area (Å²) < 4.78 is 5.20. The third-order valence-corrected chi connectivity index (χ3v) is 3.54. The third-order valence-electron chi connectivity index (χ3n) is 3.54. The molecule has 2 aromatic heterocycles. The maximum Gasteiger partial charge on any atom is 0.280 e. The summed E-state index contributed by atoms with van der Waals surface area (Å²) in [6.45, 7) is 2.21. The second-order valence-electron chi connectivity index (χ2n) is 5.14. The molecular weight excluding hydrogens is 232 g/mol. The molecule has 1 aliphatic rings. The molecule has 2 aromatic rings. The molecule has 1 saturated carbocycles. The number of hydrogen-bond donors (Lipinski definition) is 2. The Hall–Kier alpha value is -1.76. The Morgan fingerprint density at radius 2 is 2.44 bits per heavy atom. The van der Waals surface area contributed by atoms with Crippen LogP contribution in [0.15, 0.2) is 10.7 Å². The lowest BCUT2D eigenvalue weighted by Gasteiger charge is -2.33. The fraction of sp³-hybridized carbons (Fsp3) is 0.636. The van der Waals surface area contributed by atoms with Crippen LogP contribution in [0.4, 0.5) is 0 Å². The topological polar surface area (TPSA) is 107 Å². The standard InChI is InChI=1S/C11H16N6O/c1-7-3-2-4-11(12,5-7)10-14-9(18-16-10)8-6-13-17-15-8/h6-7H,2-5,12H2,1H3,(H,13,15,17). The Labute approximate surface area is 104 Å². The van der Waals surface area contributed by atoms with Gasteiger partial charge in [-0.15, -0.1) is 0 Å². The van der Waals surface area contributed by atoms with Gasteiger partial charge in [0.25, 0.3) is 5.89 Å². The van der Waals surface area contributed by atoms with Crippen molar-refractivity contribution in [3.8, 4) is 11.6 Å². The van der Waals surface area contributed by atoms with Gasteiger partial charge in [0, 0.05) is 0 Å². The number of rotatable bonds is 2. The minimum Gasteiger partial charge on any atom is -0.332 e. The number of hydrogen-bond acceptors (Lipinski definition) is 6. The van der Waals surface area contributed by atoms with Gasteiger partial charge in [-0.2, -0.15) is 20.4 Å². The van der Waals surface area contributed by atoms with Crippen LogP contribution in [0, 0.1) is 5.92 Å². The molecule has 0 amide bonds. The monoisotopic (exact) mass is 248 g/mol. The molecular formula is C11H16N6O. The van der Waals surface area contributed by atoms with E-state index in [1.54, 1.807) is 6.20 Å². The van der Waals surface area contributed by atoms with Crippen LogP contribution >= 0.6 is 0 Å². The van der Waals surface area contributed by atoms with Crippen LogP contribution < -0.4 is 5.73 Å². The molecule has 2 heterocycles. The summed E-state index contributed by atoms with van der Waals surface area (Å²) in [6.07, 6.45) is 5.66. The zero-order valence-electron chi connectivity index (χ0n) is 10.3. The van der Waals surface area contributed by atoms with E-state index < -0.39 is 5.54 Å². The summed E-state index contributed by atoms with van der Waals surface area (Å²) in [4.78, 5) is 4.36. The van der Waals surface area contributed by atoms with Crippen LogP contribution in [0.1, 0.15) is 38.4 Å². The van der Waals surface area contributed by atoms with Gasteiger partial charge in [0.1, 0.15) is 0 Å². The number of nitrogens with two attached hydrogens (primary N) is 1. The SMILES string of the molecule is CC1CCCC(N)(c2noc(-c3cn[nH]n3)n2)C1. The highest BCUT2D eigenvalue weighted by molar-refractivity contribution is 5.43. The number of aromatic nitrogens is 5. The fourth-order valence-electron chi connectivity index (χ4n) is 2.63. The lowest BCUT2D eigenvalue weighted by molar-refractivity contribution is 0.222. The molecule has 1 fully saturated rings. The molecule has 0 aliphatic heterocycles. The van der Waals surface area contributed by atoms with Gasteiger partial charge in [0.15, 0.2) is 11.5 Å². The maximum absolute atomic E-state index is 6.41. The van der Waals surface area contributed by atoms with Crippen molar-refractivity contribution >= 4 is 0 Å². The minimum atomic E-state index is -0.469. The molecule has 0 bridgehead atoms. The highest BCUT2D eigenvalue weighted by atomic mass is 16.5. The first-order valence-corrected chi connectivity index (χ1v) is 6.16. The van der Waals surface area contributed by atoms with Crippen LogP contribution in [0.3, 0.4) is 0 Å². The van der Waals surface area contributed by atoms with Crippen molar-refractivity contribution in [1.29, 1.82) is 0 Å². The molecule has 3 rings (SSSR count). The quantitative estimate of drug-likeness (QED) is 0.827. The Kier molecular flexibility index (Phi) is 2.62. The number of nitrogens with one attached hydrogen (secondary N) is 1. The summed E-state index contributed by atoms with van der Waals surface area (Å²) in [5.74, 6) is 1.53.